The van der Waals surface area contributed by atoms with Gasteiger partial charge < -0.3 is 9.80 Å². The van der Waals surface area contributed by atoms with Gasteiger partial charge in [-0.15, -0.1) is 0 Å². The molecule has 0 spiro atoms. The summed E-state index contributed by atoms with van der Waals surface area (Å²) in [5.74, 6) is 0.358. The smallest absolute Gasteiger partial charge is 0.242 e. The summed E-state index contributed by atoms with van der Waals surface area (Å²) in [7, 11) is 0. The number of piperidine rings is 1. The van der Waals surface area contributed by atoms with Crippen molar-refractivity contribution in [2.24, 2.45) is 5.92 Å². The van der Waals surface area contributed by atoms with E-state index in [4.69, 9.17) is 23.2 Å². The number of rotatable bonds is 3. The second kappa shape index (κ2) is 7.34. The van der Waals surface area contributed by atoms with Crippen molar-refractivity contribution in [3.05, 3.63) is 28.2 Å². The molecule has 0 bridgehead atoms. The number of hydrogen-bond acceptors (Lipinski definition) is 2. The molecule has 0 N–H and O–H groups in total. The van der Waals surface area contributed by atoms with Gasteiger partial charge in [0, 0.05) is 20.0 Å². The van der Waals surface area contributed by atoms with Crippen molar-refractivity contribution in [2.45, 2.75) is 26.7 Å². The van der Waals surface area contributed by atoms with E-state index in [1.165, 1.54) is 11.8 Å². The fourth-order valence-corrected chi connectivity index (χ4v) is 2.96. The first-order chi connectivity index (χ1) is 10.4. The quantitative estimate of drug-likeness (QED) is 0.841. The number of hydrogen-bond donors (Lipinski definition) is 0. The average molecular weight is 343 g/mol. The van der Waals surface area contributed by atoms with Crippen LogP contribution in [0, 0.1) is 5.92 Å². The number of halogens is 2. The van der Waals surface area contributed by atoms with Crippen LogP contribution in [0.5, 0.6) is 0 Å². The van der Waals surface area contributed by atoms with Crippen LogP contribution in [0.25, 0.3) is 0 Å². The first-order valence-corrected chi connectivity index (χ1v) is 8.15. The maximum Gasteiger partial charge on any atom is 0.242 e. The Morgan fingerprint density at radius 3 is 2.50 bits per heavy atom. The maximum absolute atomic E-state index is 12.4. The van der Waals surface area contributed by atoms with Crippen molar-refractivity contribution in [3.63, 3.8) is 0 Å². The van der Waals surface area contributed by atoms with Crippen molar-refractivity contribution >= 4 is 40.7 Å². The van der Waals surface area contributed by atoms with Crippen LogP contribution in [0.4, 0.5) is 5.69 Å². The minimum atomic E-state index is -0.233. The third-order valence-corrected chi connectivity index (χ3v) is 4.84. The lowest BCUT2D eigenvalue weighted by atomic mass is 9.99. The molecule has 1 aliphatic rings. The molecular weight excluding hydrogens is 323 g/mol. The molecule has 4 nitrogen and oxygen atoms in total. The molecule has 0 aromatic heterocycles. The van der Waals surface area contributed by atoms with E-state index < -0.39 is 0 Å². The minimum absolute atomic E-state index is 0.0101. The molecule has 0 radical (unpaired) electrons. The molecule has 1 saturated heterocycles. The molecule has 6 heteroatoms. The van der Waals surface area contributed by atoms with Gasteiger partial charge in [0.25, 0.3) is 0 Å². The molecule has 0 atom stereocenters. The number of carbonyl (C=O) groups excluding carboxylic acids is 2. The summed E-state index contributed by atoms with van der Waals surface area (Å²) in [4.78, 5) is 27.6. The molecule has 2 amide bonds. The molecule has 2 rings (SSSR count). The predicted octanol–water partition coefficient (Wildman–Crippen LogP) is 3.60. The Morgan fingerprint density at radius 1 is 1.27 bits per heavy atom. The summed E-state index contributed by atoms with van der Waals surface area (Å²) in [6.45, 7) is 5.09. The summed E-state index contributed by atoms with van der Waals surface area (Å²) in [5, 5.41) is 0.657. The molecule has 1 aliphatic heterocycles. The molecule has 1 fully saturated rings. The van der Waals surface area contributed by atoms with Crippen LogP contribution in [-0.4, -0.2) is 36.3 Å². The number of likely N-dealkylation sites (tertiary alicyclic amines) is 1. The van der Waals surface area contributed by atoms with Gasteiger partial charge >= 0.3 is 0 Å². The van der Waals surface area contributed by atoms with Crippen LogP contribution in [0.1, 0.15) is 26.7 Å². The van der Waals surface area contributed by atoms with Gasteiger partial charge in [-0.1, -0.05) is 36.2 Å². The monoisotopic (exact) mass is 342 g/mol. The Kier molecular flexibility index (Phi) is 5.70. The van der Waals surface area contributed by atoms with Crippen LogP contribution >= 0.6 is 23.2 Å². The van der Waals surface area contributed by atoms with Gasteiger partial charge in [-0.05, 0) is 30.9 Å². The topological polar surface area (TPSA) is 40.6 Å². The second-order valence-electron chi connectivity index (χ2n) is 5.74. The Labute approximate surface area is 141 Å². The minimum Gasteiger partial charge on any atom is -0.341 e. The zero-order valence-electron chi connectivity index (χ0n) is 12.8. The zero-order valence-corrected chi connectivity index (χ0v) is 14.3. The van der Waals surface area contributed by atoms with Crippen LogP contribution in [-0.2, 0) is 9.59 Å². The van der Waals surface area contributed by atoms with E-state index in [0.717, 1.165) is 25.9 Å². The van der Waals surface area contributed by atoms with Crippen LogP contribution in [0.3, 0.4) is 0 Å². The molecule has 1 heterocycles. The first-order valence-electron chi connectivity index (χ1n) is 7.40. The highest BCUT2D eigenvalue weighted by molar-refractivity contribution is 6.44. The summed E-state index contributed by atoms with van der Waals surface area (Å²) in [6.07, 6.45) is 2.01. The Balaban J connectivity index is 2.14. The summed E-state index contributed by atoms with van der Waals surface area (Å²) >= 11 is 12.2. The van der Waals surface area contributed by atoms with Crippen LogP contribution in [0.15, 0.2) is 18.2 Å². The molecule has 0 aliphatic carbocycles. The van der Waals surface area contributed by atoms with Gasteiger partial charge in [0.2, 0.25) is 11.8 Å². The SMILES string of the molecule is CC(=O)N(CC(=O)N1CCC(C)CC1)c1cccc(Cl)c1Cl. The molecule has 1 aromatic rings. The van der Waals surface area contributed by atoms with Gasteiger partial charge in [-0.25, -0.2) is 0 Å². The highest BCUT2D eigenvalue weighted by Gasteiger charge is 2.25. The molecule has 1 aromatic carbocycles. The third kappa shape index (κ3) is 3.93. The van der Waals surface area contributed by atoms with E-state index in [2.05, 4.69) is 6.92 Å². The van der Waals surface area contributed by atoms with Crippen LogP contribution < -0.4 is 4.90 Å². The molecule has 0 saturated carbocycles. The maximum atomic E-state index is 12.4. The highest BCUT2D eigenvalue weighted by Crippen LogP contribution is 2.32. The molecule has 22 heavy (non-hydrogen) atoms. The molecule has 0 unspecified atom stereocenters. The normalized spacial score (nSPS) is 15.7. The van der Waals surface area contributed by atoms with Crippen molar-refractivity contribution in [1.82, 2.24) is 4.90 Å². The van der Waals surface area contributed by atoms with E-state index in [1.807, 2.05) is 4.90 Å². The number of anilines is 1. The van der Waals surface area contributed by atoms with Crippen LogP contribution in [0.2, 0.25) is 10.0 Å². The summed E-state index contributed by atoms with van der Waals surface area (Å²) in [5.41, 5.74) is 0.473. The fraction of sp³-hybridized carbons (Fsp3) is 0.500. The Hall–Kier alpha value is -1.26. The lowest BCUT2D eigenvalue weighted by Gasteiger charge is -2.32. The number of amides is 2. The second-order valence-corrected chi connectivity index (χ2v) is 6.53. The van der Waals surface area contributed by atoms with Gasteiger partial charge in [0.05, 0.1) is 15.7 Å². The average Bonchev–Trinajstić information content (AvgIpc) is 2.48. The number of carbonyl (C=O) groups is 2. The Bertz CT molecular complexity index is 569. The lowest BCUT2D eigenvalue weighted by Crippen LogP contribution is -2.45. The van der Waals surface area contributed by atoms with E-state index >= 15 is 0 Å². The number of nitrogens with zero attached hydrogens (tertiary/aromatic N) is 2. The highest BCUT2D eigenvalue weighted by atomic mass is 35.5. The Morgan fingerprint density at radius 2 is 1.91 bits per heavy atom. The van der Waals surface area contributed by atoms with Crippen molar-refractivity contribution in [3.8, 4) is 0 Å². The summed E-state index contributed by atoms with van der Waals surface area (Å²) < 4.78 is 0. The van der Waals surface area contributed by atoms with Gasteiger partial charge in [0.1, 0.15) is 6.54 Å². The predicted molar refractivity (Wildman–Crippen MR) is 89.5 cm³/mol. The molecule has 120 valence electrons. The lowest BCUT2D eigenvalue weighted by molar-refractivity contribution is -0.132. The van der Waals surface area contributed by atoms with Crippen molar-refractivity contribution < 1.29 is 9.59 Å². The fourth-order valence-electron chi connectivity index (χ4n) is 2.56. The van der Waals surface area contributed by atoms with Gasteiger partial charge in [-0.2, -0.15) is 0 Å². The van der Waals surface area contributed by atoms with E-state index in [9.17, 15) is 9.59 Å². The van der Waals surface area contributed by atoms with E-state index in [-0.39, 0.29) is 18.4 Å². The van der Waals surface area contributed by atoms with Gasteiger partial charge in [0.15, 0.2) is 0 Å². The molecular formula is C16H20Cl2N2O2. The zero-order chi connectivity index (χ0) is 16.3. The van der Waals surface area contributed by atoms with Crippen molar-refractivity contribution in [2.75, 3.05) is 24.5 Å². The van der Waals surface area contributed by atoms with E-state index in [0.29, 0.717) is 21.7 Å². The largest absolute Gasteiger partial charge is 0.341 e. The van der Waals surface area contributed by atoms with E-state index in [1.54, 1.807) is 18.2 Å². The third-order valence-electron chi connectivity index (χ3n) is 4.03. The first kappa shape index (κ1) is 17.1. The standard InChI is InChI=1S/C16H20Cl2N2O2/c1-11-6-8-19(9-7-11)15(22)10-20(12(2)21)14-5-3-4-13(17)16(14)18/h3-5,11H,6-10H2,1-2H3. The summed E-state index contributed by atoms with van der Waals surface area (Å²) in [6, 6.07) is 5.06. The number of benzene rings is 1. The van der Waals surface area contributed by atoms with Crippen molar-refractivity contribution in [1.29, 1.82) is 0 Å². The van der Waals surface area contributed by atoms with Gasteiger partial charge in [-0.3, -0.25) is 9.59 Å².